The largest absolute Gasteiger partial charge is 0.435 e. The van der Waals surface area contributed by atoms with Crippen molar-refractivity contribution in [3.8, 4) is 5.69 Å². The number of carbonyl (C=O) groups is 1. The van der Waals surface area contributed by atoms with Crippen molar-refractivity contribution in [3.63, 3.8) is 0 Å². The van der Waals surface area contributed by atoms with Crippen molar-refractivity contribution in [1.82, 2.24) is 14.8 Å². The second kappa shape index (κ2) is 8.40. The van der Waals surface area contributed by atoms with Crippen LogP contribution in [-0.2, 0) is 18.9 Å². The number of rotatable bonds is 2. The molecule has 0 bridgehead atoms. The Morgan fingerprint density at radius 3 is 2.42 bits per heavy atom. The Morgan fingerprint density at radius 1 is 0.917 bits per heavy atom. The molecule has 0 saturated heterocycles. The highest BCUT2D eigenvalue weighted by molar-refractivity contribution is 6.09. The van der Waals surface area contributed by atoms with Crippen molar-refractivity contribution < 1.29 is 31.1 Å². The molecule has 1 aliphatic heterocycles. The molecule has 0 unspecified atom stereocenters. The summed E-state index contributed by atoms with van der Waals surface area (Å²) in [6.45, 7) is -0.0564. The number of aromatic nitrogens is 3. The van der Waals surface area contributed by atoms with E-state index in [1.807, 2.05) is 0 Å². The van der Waals surface area contributed by atoms with Gasteiger partial charge in [-0.15, -0.1) is 0 Å². The van der Waals surface area contributed by atoms with Crippen LogP contribution in [0.15, 0.2) is 73.1 Å². The third kappa shape index (κ3) is 4.25. The summed E-state index contributed by atoms with van der Waals surface area (Å²) >= 11 is 0. The van der Waals surface area contributed by atoms with E-state index in [4.69, 9.17) is 0 Å². The molecular weight excluding hydrogens is 488 g/mol. The molecule has 184 valence electrons. The zero-order valence-corrected chi connectivity index (χ0v) is 18.1. The van der Waals surface area contributed by atoms with Gasteiger partial charge in [-0.05, 0) is 42.5 Å². The van der Waals surface area contributed by atoms with Crippen LogP contribution in [0.3, 0.4) is 0 Å². The second-order valence-electron chi connectivity index (χ2n) is 7.92. The molecule has 1 amide bonds. The highest BCUT2D eigenvalue weighted by Crippen LogP contribution is 2.39. The van der Waals surface area contributed by atoms with Gasteiger partial charge in [-0.1, -0.05) is 18.2 Å². The summed E-state index contributed by atoms with van der Waals surface area (Å²) in [6.07, 6.45) is -7.27. The zero-order valence-electron chi connectivity index (χ0n) is 18.1. The van der Waals surface area contributed by atoms with Crippen LogP contribution in [0.4, 0.5) is 43.5 Å². The lowest BCUT2D eigenvalue weighted by Gasteiger charge is -2.24. The molecule has 0 saturated carbocycles. The number of hydrogen-bond donors (Lipinski definition) is 1. The summed E-state index contributed by atoms with van der Waals surface area (Å²) in [7, 11) is 0. The number of hydrogen-bond acceptors (Lipinski definition) is 4. The molecule has 4 aromatic rings. The van der Waals surface area contributed by atoms with Gasteiger partial charge in [-0.2, -0.15) is 31.4 Å². The Hall–Kier alpha value is -4.35. The topological polar surface area (TPSA) is 63.1 Å². The van der Waals surface area contributed by atoms with Crippen LogP contribution in [0.25, 0.3) is 5.69 Å². The average molecular weight is 503 g/mol. The molecule has 5 rings (SSSR count). The van der Waals surface area contributed by atoms with Crippen molar-refractivity contribution in [3.05, 3.63) is 95.4 Å². The van der Waals surface area contributed by atoms with Gasteiger partial charge in [0.2, 0.25) is 0 Å². The number of fused-ring (bicyclic) bond motifs is 2. The van der Waals surface area contributed by atoms with E-state index < -0.39 is 35.1 Å². The van der Waals surface area contributed by atoms with Crippen LogP contribution in [0.2, 0.25) is 0 Å². The molecule has 0 aliphatic carbocycles. The van der Waals surface area contributed by atoms with Gasteiger partial charge < -0.3 is 10.2 Å². The first-order valence-corrected chi connectivity index (χ1v) is 10.5. The first kappa shape index (κ1) is 23.4. The Labute approximate surface area is 199 Å². The fourth-order valence-electron chi connectivity index (χ4n) is 3.92. The highest BCUT2D eigenvalue weighted by Gasteiger charge is 2.38. The number of nitrogens with one attached hydrogen (secondary N) is 1. The minimum Gasteiger partial charge on any atom is -0.338 e. The number of carbonyl (C=O) groups excluding carboxylic acids is 1. The van der Waals surface area contributed by atoms with Gasteiger partial charge in [0.25, 0.3) is 5.91 Å². The molecule has 12 heteroatoms. The molecule has 2 aromatic carbocycles. The van der Waals surface area contributed by atoms with Crippen LogP contribution in [0.1, 0.15) is 27.2 Å². The molecule has 0 radical (unpaired) electrons. The average Bonchev–Trinajstić information content (AvgIpc) is 3.27. The predicted octanol–water partition coefficient (Wildman–Crippen LogP) is 6.21. The van der Waals surface area contributed by atoms with E-state index in [1.165, 1.54) is 4.90 Å². The van der Waals surface area contributed by atoms with E-state index in [2.05, 4.69) is 15.4 Å². The van der Waals surface area contributed by atoms with Gasteiger partial charge in [-0.25, -0.2) is 9.67 Å². The Balaban J connectivity index is 1.60. The van der Waals surface area contributed by atoms with E-state index in [-0.39, 0.29) is 12.2 Å². The van der Waals surface area contributed by atoms with E-state index in [9.17, 15) is 31.1 Å². The van der Waals surface area contributed by atoms with Gasteiger partial charge in [0.15, 0.2) is 5.69 Å². The van der Waals surface area contributed by atoms with Gasteiger partial charge >= 0.3 is 12.4 Å². The lowest BCUT2D eigenvalue weighted by Crippen LogP contribution is -2.32. The lowest BCUT2D eigenvalue weighted by molar-refractivity contribution is -0.141. The first-order valence-electron chi connectivity index (χ1n) is 10.5. The van der Waals surface area contributed by atoms with Crippen molar-refractivity contribution in [2.24, 2.45) is 0 Å². The van der Waals surface area contributed by atoms with Crippen LogP contribution in [0, 0.1) is 0 Å². The maximum absolute atomic E-state index is 14.1. The highest BCUT2D eigenvalue weighted by atomic mass is 19.4. The normalized spacial score (nSPS) is 13.4. The standard InChI is InChI=1S/C24H15F6N5O/c25-23(26,27)17-12-15(35-11-9-20(33-35)24(28,29)30)7-8-16(17)22(36)34-13-14-4-3-10-31-21(14)32-18-5-1-2-6-19(18)34/h1-12H,13H2,(H,31,32). The monoisotopic (exact) mass is 503 g/mol. The van der Waals surface area contributed by atoms with Gasteiger partial charge in [0.05, 0.1) is 34.7 Å². The summed E-state index contributed by atoms with van der Waals surface area (Å²) in [5.41, 5.74) is -2.07. The third-order valence-electron chi connectivity index (χ3n) is 5.60. The first-order chi connectivity index (χ1) is 17.0. The van der Waals surface area contributed by atoms with Crippen LogP contribution in [0.5, 0.6) is 0 Å². The maximum atomic E-state index is 14.1. The third-order valence-corrected chi connectivity index (χ3v) is 5.60. The van der Waals surface area contributed by atoms with E-state index in [0.717, 1.165) is 18.3 Å². The SMILES string of the molecule is O=C(c1ccc(-n2ccc(C(F)(F)F)n2)cc1C(F)(F)F)N1Cc2cccnc2Nc2ccccc21. The number of alkyl halides is 6. The molecule has 36 heavy (non-hydrogen) atoms. The lowest BCUT2D eigenvalue weighted by atomic mass is 10.0. The number of amides is 1. The van der Waals surface area contributed by atoms with Gasteiger partial charge in [0, 0.05) is 18.0 Å². The van der Waals surface area contributed by atoms with Crippen LogP contribution >= 0.6 is 0 Å². The molecule has 3 heterocycles. The number of anilines is 3. The number of para-hydroxylation sites is 2. The number of pyridine rings is 1. The summed E-state index contributed by atoms with van der Waals surface area (Å²) < 4.78 is 81.6. The molecule has 0 atom stereocenters. The minimum atomic E-state index is -4.97. The number of nitrogens with zero attached hydrogens (tertiary/aromatic N) is 4. The van der Waals surface area contributed by atoms with E-state index in [0.29, 0.717) is 39.6 Å². The van der Waals surface area contributed by atoms with Gasteiger partial charge in [-0.3, -0.25) is 4.79 Å². The van der Waals surface area contributed by atoms with E-state index >= 15 is 0 Å². The number of halogens is 6. The molecular formula is C24H15F6N5O. The molecule has 0 spiro atoms. The minimum absolute atomic E-state index is 0.0564. The number of benzene rings is 2. The molecule has 0 fully saturated rings. The summed E-state index contributed by atoms with van der Waals surface area (Å²) in [4.78, 5) is 19.0. The summed E-state index contributed by atoms with van der Waals surface area (Å²) in [6, 6.07) is 13.3. The fraction of sp³-hybridized carbons (Fsp3) is 0.125. The smallest absolute Gasteiger partial charge is 0.338 e. The maximum Gasteiger partial charge on any atom is 0.435 e. The quantitative estimate of drug-likeness (QED) is 0.331. The van der Waals surface area contributed by atoms with E-state index in [1.54, 1.807) is 42.6 Å². The van der Waals surface area contributed by atoms with Crippen LogP contribution < -0.4 is 10.2 Å². The molecule has 6 nitrogen and oxygen atoms in total. The summed E-state index contributed by atoms with van der Waals surface area (Å²) in [5.74, 6) is -0.470. The van der Waals surface area contributed by atoms with Crippen LogP contribution in [-0.4, -0.2) is 20.7 Å². The zero-order chi connectivity index (χ0) is 25.7. The van der Waals surface area contributed by atoms with Crippen molar-refractivity contribution in [2.45, 2.75) is 18.9 Å². The summed E-state index contributed by atoms with van der Waals surface area (Å²) in [5, 5.41) is 6.42. The van der Waals surface area contributed by atoms with Crippen molar-refractivity contribution >= 4 is 23.1 Å². The predicted molar refractivity (Wildman–Crippen MR) is 118 cm³/mol. The Bertz CT molecular complexity index is 1460. The molecule has 2 aromatic heterocycles. The molecule has 1 aliphatic rings. The molecule has 1 N–H and O–H groups in total. The van der Waals surface area contributed by atoms with Crippen molar-refractivity contribution in [1.29, 1.82) is 0 Å². The van der Waals surface area contributed by atoms with Gasteiger partial charge in [0.1, 0.15) is 5.82 Å². The second-order valence-corrected chi connectivity index (χ2v) is 7.92. The van der Waals surface area contributed by atoms with Crippen molar-refractivity contribution in [2.75, 3.05) is 10.2 Å². The Kier molecular flexibility index (Phi) is 5.46. The fourth-order valence-corrected chi connectivity index (χ4v) is 3.92. The Morgan fingerprint density at radius 2 is 1.69 bits per heavy atom.